The highest BCUT2D eigenvalue weighted by atomic mass is 79.9. The van der Waals surface area contributed by atoms with Crippen molar-refractivity contribution >= 4 is 21.6 Å². The summed E-state index contributed by atoms with van der Waals surface area (Å²) in [4.78, 5) is 10.1. The lowest BCUT2D eigenvalue weighted by Crippen LogP contribution is -1.96. The molecule has 0 radical (unpaired) electrons. The first-order valence-corrected chi connectivity index (χ1v) is 4.45. The molecule has 1 rings (SSSR count). The Morgan fingerprint density at radius 1 is 1.36 bits per heavy atom. The molecule has 0 aliphatic rings. The summed E-state index contributed by atoms with van der Waals surface area (Å²) in [5, 5.41) is 10.7. The van der Waals surface area contributed by atoms with Crippen molar-refractivity contribution in [3.63, 3.8) is 0 Å². The quantitative estimate of drug-likeness (QED) is 0.619. The van der Waals surface area contributed by atoms with Crippen LogP contribution in [0, 0.1) is 10.1 Å². The Balaban J connectivity index is 3.34. The monoisotopic (exact) mass is 261 g/mol. The number of hydrogen-bond acceptors (Lipinski definition) is 4. The summed E-state index contributed by atoms with van der Waals surface area (Å²) < 4.78 is 10.2. The summed E-state index contributed by atoms with van der Waals surface area (Å²) in [5.74, 6) is 0.667. The molecular formula is C8H8BrNO4. The van der Waals surface area contributed by atoms with Gasteiger partial charge in [0.1, 0.15) is 10.2 Å². The van der Waals surface area contributed by atoms with Crippen LogP contribution in [0.5, 0.6) is 11.5 Å². The lowest BCUT2D eigenvalue weighted by Gasteiger charge is -2.06. The van der Waals surface area contributed by atoms with Crippen LogP contribution >= 0.6 is 15.9 Å². The molecule has 0 fully saturated rings. The van der Waals surface area contributed by atoms with Crippen LogP contribution in [-0.2, 0) is 0 Å². The van der Waals surface area contributed by atoms with Crippen LogP contribution in [0.15, 0.2) is 16.6 Å². The normalized spacial score (nSPS) is 9.64. The zero-order valence-corrected chi connectivity index (χ0v) is 9.20. The Hall–Kier alpha value is -1.30. The first-order chi connectivity index (χ1) is 6.60. The SMILES string of the molecule is COc1cc(Br)c([N+](=O)[O-])c(OC)c1. The van der Waals surface area contributed by atoms with Crippen molar-refractivity contribution < 1.29 is 14.4 Å². The first-order valence-electron chi connectivity index (χ1n) is 3.66. The zero-order chi connectivity index (χ0) is 10.7. The smallest absolute Gasteiger partial charge is 0.325 e. The second-order valence-corrected chi connectivity index (χ2v) is 3.27. The van der Waals surface area contributed by atoms with E-state index >= 15 is 0 Å². The van der Waals surface area contributed by atoms with Gasteiger partial charge in [0.15, 0.2) is 0 Å². The maximum Gasteiger partial charge on any atom is 0.325 e. The van der Waals surface area contributed by atoms with E-state index < -0.39 is 4.92 Å². The van der Waals surface area contributed by atoms with E-state index in [-0.39, 0.29) is 11.4 Å². The van der Waals surface area contributed by atoms with Crippen molar-refractivity contribution in [1.29, 1.82) is 0 Å². The molecule has 0 heterocycles. The predicted octanol–water partition coefficient (Wildman–Crippen LogP) is 2.37. The highest BCUT2D eigenvalue weighted by molar-refractivity contribution is 9.10. The molecule has 0 aliphatic heterocycles. The summed E-state index contributed by atoms with van der Waals surface area (Å²) in [5.41, 5.74) is -0.103. The second-order valence-electron chi connectivity index (χ2n) is 2.42. The van der Waals surface area contributed by atoms with Crippen LogP contribution in [0.2, 0.25) is 0 Å². The molecule has 1 aromatic rings. The van der Waals surface area contributed by atoms with E-state index in [1.807, 2.05) is 0 Å². The van der Waals surface area contributed by atoms with Crippen LogP contribution < -0.4 is 9.47 Å². The number of ether oxygens (including phenoxy) is 2. The summed E-state index contributed by atoms with van der Waals surface area (Å²) in [6, 6.07) is 2.98. The van der Waals surface area contributed by atoms with E-state index in [1.165, 1.54) is 26.4 Å². The molecule has 14 heavy (non-hydrogen) atoms. The standard InChI is InChI=1S/C8H8BrNO4/c1-13-5-3-6(9)8(10(11)12)7(4-5)14-2/h3-4H,1-2H3. The second kappa shape index (κ2) is 4.28. The van der Waals surface area contributed by atoms with Gasteiger partial charge in [0.2, 0.25) is 5.75 Å². The van der Waals surface area contributed by atoms with Crippen LogP contribution in [0.3, 0.4) is 0 Å². The van der Waals surface area contributed by atoms with E-state index in [1.54, 1.807) is 0 Å². The number of nitro benzene ring substituents is 1. The molecule has 0 saturated carbocycles. The maximum absolute atomic E-state index is 10.7. The van der Waals surface area contributed by atoms with E-state index in [2.05, 4.69) is 15.9 Å². The average Bonchev–Trinajstić information content (AvgIpc) is 2.15. The van der Waals surface area contributed by atoms with Crippen LogP contribution in [-0.4, -0.2) is 19.1 Å². The van der Waals surface area contributed by atoms with Gasteiger partial charge in [-0.25, -0.2) is 0 Å². The van der Waals surface area contributed by atoms with E-state index in [0.717, 1.165) is 0 Å². The number of methoxy groups -OCH3 is 2. The summed E-state index contributed by atoms with van der Waals surface area (Å²) in [7, 11) is 2.85. The molecule has 0 amide bonds. The Bertz CT molecular complexity index is 367. The van der Waals surface area contributed by atoms with Gasteiger partial charge in [0, 0.05) is 12.1 Å². The van der Waals surface area contributed by atoms with Crippen molar-refractivity contribution in [2.45, 2.75) is 0 Å². The maximum atomic E-state index is 10.7. The highest BCUT2D eigenvalue weighted by Gasteiger charge is 2.20. The van der Waals surface area contributed by atoms with Gasteiger partial charge in [-0.05, 0) is 15.9 Å². The number of nitro groups is 1. The molecule has 0 aromatic heterocycles. The summed E-state index contributed by atoms with van der Waals surface area (Å²) in [6.45, 7) is 0. The van der Waals surface area contributed by atoms with Crippen molar-refractivity contribution in [2.24, 2.45) is 0 Å². The highest BCUT2D eigenvalue weighted by Crippen LogP contribution is 2.38. The molecule has 0 aliphatic carbocycles. The predicted molar refractivity (Wildman–Crippen MR) is 53.9 cm³/mol. The Kier molecular flexibility index (Phi) is 3.29. The number of rotatable bonds is 3. The fourth-order valence-electron chi connectivity index (χ4n) is 1.00. The van der Waals surface area contributed by atoms with Gasteiger partial charge in [-0.1, -0.05) is 0 Å². The van der Waals surface area contributed by atoms with E-state index in [4.69, 9.17) is 9.47 Å². The first kappa shape index (κ1) is 10.8. The summed E-state index contributed by atoms with van der Waals surface area (Å²) in [6.07, 6.45) is 0. The van der Waals surface area contributed by atoms with Crippen molar-refractivity contribution in [3.8, 4) is 11.5 Å². The Morgan fingerprint density at radius 3 is 2.43 bits per heavy atom. The zero-order valence-electron chi connectivity index (χ0n) is 7.61. The van der Waals surface area contributed by atoms with Crippen molar-refractivity contribution in [3.05, 3.63) is 26.7 Å². The van der Waals surface area contributed by atoms with Crippen molar-refractivity contribution in [1.82, 2.24) is 0 Å². The third kappa shape index (κ3) is 1.95. The minimum Gasteiger partial charge on any atom is -0.497 e. The molecule has 5 nitrogen and oxygen atoms in total. The molecule has 0 bridgehead atoms. The van der Waals surface area contributed by atoms with Crippen molar-refractivity contribution in [2.75, 3.05) is 14.2 Å². The number of benzene rings is 1. The largest absolute Gasteiger partial charge is 0.497 e. The Labute approximate surface area is 88.9 Å². The Morgan fingerprint density at radius 2 is 2.00 bits per heavy atom. The fourth-order valence-corrected chi connectivity index (χ4v) is 1.57. The molecule has 0 unspecified atom stereocenters. The molecule has 0 atom stereocenters. The topological polar surface area (TPSA) is 61.6 Å². The molecule has 1 aromatic carbocycles. The molecule has 0 spiro atoms. The minimum atomic E-state index is -0.512. The van der Waals surface area contributed by atoms with E-state index in [0.29, 0.717) is 10.2 Å². The number of nitrogens with zero attached hydrogens (tertiary/aromatic N) is 1. The third-order valence-electron chi connectivity index (χ3n) is 1.64. The van der Waals surface area contributed by atoms with Gasteiger partial charge < -0.3 is 9.47 Å². The molecule has 0 saturated heterocycles. The summed E-state index contributed by atoms with van der Waals surface area (Å²) >= 11 is 3.08. The van der Waals surface area contributed by atoms with Crippen LogP contribution in [0.1, 0.15) is 0 Å². The number of halogens is 1. The molecule has 6 heteroatoms. The average molecular weight is 262 g/mol. The van der Waals surface area contributed by atoms with Gasteiger partial charge in [0.25, 0.3) is 0 Å². The minimum absolute atomic E-state index is 0.103. The van der Waals surface area contributed by atoms with Crippen LogP contribution in [0.4, 0.5) is 5.69 Å². The molecule has 76 valence electrons. The van der Waals surface area contributed by atoms with Gasteiger partial charge in [-0.3, -0.25) is 10.1 Å². The lowest BCUT2D eigenvalue weighted by molar-refractivity contribution is -0.386. The molecular weight excluding hydrogens is 254 g/mol. The van der Waals surface area contributed by atoms with Gasteiger partial charge in [0.05, 0.1) is 19.1 Å². The third-order valence-corrected chi connectivity index (χ3v) is 2.24. The fraction of sp³-hybridized carbons (Fsp3) is 0.250. The lowest BCUT2D eigenvalue weighted by atomic mass is 10.3. The molecule has 0 N–H and O–H groups in total. The van der Waals surface area contributed by atoms with Gasteiger partial charge >= 0.3 is 5.69 Å². The van der Waals surface area contributed by atoms with Gasteiger partial charge in [-0.15, -0.1) is 0 Å². The van der Waals surface area contributed by atoms with E-state index in [9.17, 15) is 10.1 Å². The van der Waals surface area contributed by atoms with Crippen LogP contribution in [0.25, 0.3) is 0 Å². The van der Waals surface area contributed by atoms with Gasteiger partial charge in [-0.2, -0.15) is 0 Å². The number of hydrogen-bond donors (Lipinski definition) is 0.